The van der Waals surface area contributed by atoms with Gasteiger partial charge in [0.15, 0.2) is 0 Å². The molecule has 2 rings (SSSR count). The van der Waals surface area contributed by atoms with Gasteiger partial charge < -0.3 is 4.74 Å². The molecule has 1 aromatic carbocycles. The molecule has 1 atom stereocenters. The molecule has 0 fully saturated rings. The number of thiophene rings is 1. The van der Waals surface area contributed by atoms with Crippen molar-refractivity contribution in [2.24, 2.45) is 0 Å². The highest BCUT2D eigenvalue weighted by atomic mass is 79.9. The van der Waals surface area contributed by atoms with Crippen molar-refractivity contribution in [3.8, 4) is 5.75 Å². The number of halogens is 1. The predicted octanol–water partition coefficient (Wildman–Crippen LogP) is 3.56. The first-order valence-corrected chi connectivity index (χ1v) is 8.99. The number of benzene rings is 1. The third-order valence-electron chi connectivity index (χ3n) is 2.77. The minimum absolute atomic E-state index is 0.317. The Morgan fingerprint density at radius 1 is 1.35 bits per heavy atom. The summed E-state index contributed by atoms with van der Waals surface area (Å²) < 4.78 is 33.2. The van der Waals surface area contributed by atoms with E-state index in [1.54, 1.807) is 37.6 Å². The van der Waals surface area contributed by atoms with E-state index in [4.69, 9.17) is 4.74 Å². The summed E-state index contributed by atoms with van der Waals surface area (Å²) in [5.41, 5.74) is 0.859. The van der Waals surface area contributed by atoms with E-state index in [9.17, 15) is 8.42 Å². The minimum atomic E-state index is -3.47. The Morgan fingerprint density at radius 2 is 2.10 bits per heavy atom. The van der Waals surface area contributed by atoms with Crippen LogP contribution in [0.5, 0.6) is 5.75 Å². The fourth-order valence-electron chi connectivity index (χ4n) is 1.73. The topological polar surface area (TPSA) is 55.4 Å². The van der Waals surface area contributed by atoms with E-state index in [1.807, 2.05) is 12.1 Å². The van der Waals surface area contributed by atoms with Crippen LogP contribution in [0.3, 0.4) is 0 Å². The number of sulfonamides is 1. The monoisotopic (exact) mass is 375 g/mol. The molecular weight excluding hydrogens is 362 g/mol. The fourth-order valence-corrected chi connectivity index (χ4v) is 4.53. The smallest absolute Gasteiger partial charge is 0.250 e. The Labute approximate surface area is 131 Å². The summed E-state index contributed by atoms with van der Waals surface area (Å²) in [6.07, 6.45) is 0. The first kappa shape index (κ1) is 15.5. The molecule has 0 aliphatic heterocycles. The standard InChI is InChI=1S/C13H14BrNO3S2/c1-9(10-5-6-12(18-2)11(14)8-10)15-20(16,17)13-4-3-7-19-13/h3-9,15H,1-2H3. The molecule has 0 saturated carbocycles. The van der Waals surface area contributed by atoms with Crippen molar-refractivity contribution in [1.82, 2.24) is 4.72 Å². The van der Waals surface area contributed by atoms with E-state index in [0.29, 0.717) is 9.96 Å². The molecule has 1 unspecified atom stereocenters. The Morgan fingerprint density at radius 3 is 2.65 bits per heavy atom. The highest BCUT2D eigenvalue weighted by Gasteiger charge is 2.19. The molecule has 1 aromatic heterocycles. The molecule has 0 aliphatic carbocycles. The lowest BCUT2D eigenvalue weighted by Crippen LogP contribution is -2.26. The second kappa shape index (κ2) is 6.26. The van der Waals surface area contributed by atoms with Gasteiger partial charge in [-0.1, -0.05) is 12.1 Å². The van der Waals surface area contributed by atoms with Crippen molar-refractivity contribution in [2.45, 2.75) is 17.2 Å². The number of ether oxygens (including phenoxy) is 1. The first-order valence-electron chi connectivity index (χ1n) is 5.83. The summed E-state index contributed by atoms with van der Waals surface area (Å²) in [6.45, 7) is 1.80. The van der Waals surface area contributed by atoms with Crippen molar-refractivity contribution >= 4 is 37.3 Å². The second-order valence-corrected chi connectivity index (χ2v) is 7.91. The van der Waals surface area contributed by atoms with Crippen LogP contribution >= 0.6 is 27.3 Å². The molecule has 0 amide bonds. The van der Waals surface area contributed by atoms with Crippen LogP contribution in [0.4, 0.5) is 0 Å². The van der Waals surface area contributed by atoms with Crippen molar-refractivity contribution in [1.29, 1.82) is 0 Å². The number of hydrogen-bond donors (Lipinski definition) is 1. The van der Waals surface area contributed by atoms with Gasteiger partial charge in [-0.05, 0) is 52.0 Å². The Bertz CT molecular complexity index is 684. The van der Waals surface area contributed by atoms with Gasteiger partial charge in [0.25, 0.3) is 10.0 Å². The van der Waals surface area contributed by atoms with Gasteiger partial charge in [-0.25, -0.2) is 13.1 Å². The average molecular weight is 376 g/mol. The van der Waals surface area contributed by atoms with Crippen molar-refractivity contribution in [3.63, 3.8) is 0 Å². The van der Waals surface area contributed by atoms with E-state index < -0.39 is 10.0 Å². The lowest BCUT2D eigenvalue weighted by molar-refractivity contribution is 0.412. The third kappa shape index (κ3) is 3.41. The van der Waals surface area contributed by atoms with Crippen LogP contribution in [0.2, 0.25) is 0 Å². The largest absolute Gasteiger partial charge is 0.496 e. The maximum Gasteiger partial charge on any atom is 0.250 e. The van der Waals surface area contributed by atoms with Gasteiger partial charge in [-0.15, -0.1) is 11.3 Å². The van der Waals surface area contributed by atoms with Gasteiger partial charge >= 0.3 is 0 Å². The molecule has 7 heteroatoms. The van der Waals surface area contributed by atoms with Gasteiger partial charge in [0, 0.05) is 6.04 Å². The van der Waals surface area contributed by atoms with Gasteiger partial charge in [0.05, 0.1) is 11.6 Å². The van der Waals surface area contributed by atoms with Crippen LogP contribution in [0.1, 0.15) is 18.5 Å². The normalized spacial score (nSPS) is 13.2. The number of nitrogens with one attached hydrogen (secondary N) is 1. The Kier molecular flexibility index (Phi) is 4.85. The molecule has 0 radical (unpaired) electrons. The summed E-state index contributed by atoms with van der Waals surface area (Å²) in [5, 5.41) is 1.74. The summed E-state index contributed by atoms with van der Waals surface area (Å²) in [4.78, 5) is 0. The molecule has 0 bridgehead atoms. The Hall–Kier alpha value is -0.890. The molecular formula is C13H14BrNO3S2. The zero-order valence-corrected chi connectivity index (χ0v) is 14.2. The Balaban J connectivity index is 2.20. The molecule has 4 nitrogen and oxygen atoms in total. The van der Waals surface area contributed by atoms with E-state index in [1.165, 1.54) is 11.3 Å². The molecule has 2 aromatic rings. The second-order valence-electron chi connectivity index (χ2n) is 4.17. The number of rotatable bonds is 5. The van der Waals surface area contributed by atoms with Crippen molar-refractivity contribution in [3.05, 3.63) is 45.7 Å². The quantitative estimate of drug-likeness (QED) is 0.868. The van der Waals surface area contributed by atoms with Crippen LogP contribution in [-0.4, -0.2) is 15.5 Å². The van der Waals surface area contributed by atoms with Crippen LogP contribution in [0, 0.1) is 0 Å². The van der Waals surface area contributed by atoms with Crippen LogP contribution in [0.25, 0.3) is 0 Å². The van der Waals surface area contributed by atoms with Crippen molar-refractivity contribution < 1.29 is 13.2 Å². The van der Waals surface area contributed by atoms with Crippen molar-refractivity contribution in [2.75, 3.05) is 7.11 Å². The van der Waals surface area contributed by atoms with Gasteiger partial charge in [0.1, 0.15) is 9.96 Å². The van der Waals surface area contributed by atoms with Crippen LogP contribution < -0.4 is 9.46 Å². The van der Waals surface area contributed by atoms with Gasteiger partial charge in [0.2, 0.25) is 0 Å². The van der Waals surface area contributed by atoms with Gasteiger partial charge in [-0.2, -0.15) is 0 Å². The van der Waals surface area contributed by atoms with E-state index in [2.05, 4.69) is 20.7 Å². The molecule has 0 spiro atoms. The summed E-state index contributed by atoms with van der Waals surface area (Å²) in [5.74, 6) is 0.710. The summed E-state index contributed by atoms with van der Waals surface area (Å²) in [7, 11) is -1.88. The van der Waals surface area contributed by atoms with Crippen LogP contribution in [0.15, 0.2) is 44.4 Å². The molecule has 1 N–H and O–H groups in total. The molecule has 20 heavy (non-hydrogen) atoms. The van der Waals surface area contributed by atoms with Gasteiger partial charge in [-0.3, -0.25) is 0 Å². The molecule has 0 aliphatic rings. The molecule has 0 saturated heterocycles. The third-order valence-corrected chi connectivity index (χ3v) is 6.33. The number of hydrogen-bond acceptors (Lipinski definition) is 4. The van der Waals surface area contributed by atoms with E-state index in [-0.39, 0.29) is 6.04 Å². The van der Waals surface area contributed by atoms with E-state index >= 15 is 0 Å². The highest BCUT2D eigenvalue weighted by molar-refractivity contribution is 9.10. The SMILES string of the molecule is COc1ccc(C(C)NS(=O)(=O)c2cccs2)cc1Br. The maximum atomic E-state index is 12.1. The van der Waals surface area contributed by atoms with E-state index in [0.717, 1.165) is 10.0 Å². The zero-order chi connectivity index (χ0) is 14.8. The predicted molar refractivity (Wildman–Crippen MR) is 83.7 cm³/mol. The lowest BCUT2D eigenvalue weighted by atomic mass is 10.1. The number of methoxy groups -OCH3 is 1. The maximum absolute atomic E-state index is 12.1. The summed E-state index contributed by atoms with van der Waals surface area (Å²) in [6, 6.07) is 8.46. The average Bonchev–Trinajstić information content (AvgIpc) is 2.92. The fraction of sp³-hybridized carbons (Fsp3) is 0.231. The zero-order valence-electron chi connectivity index (χ0n) is 11.0. The highest BCUT2D eigenvalue weighted by Crippen LogP contribution is 2.28. The minimum Gasteiger partial charge on any atom is -0.496 e. The van der Waals surface area contributed by atoms with Crippen LogP contribution in [-0.2, 0) is 10.0 Å². The summed E-state index contributed by atoms with van der Waals surface area (Å²) >= 11 is 4.59. The first-order chi connectivity index (χ1) is 9.44. The molecule has 1 heterocycles. The lowest BCUT2D eigenvalue weighted by Gasteiger charge is -2.15. The molecule has 108 valence electrons.